The third kappa shape index (κ3) is 4.70. The van der Waals surface area contributed by atoms with Gasteiger partial charge in [-0.1, -0.05) is 12.8 Å². The van der Waals surface area contributed by atoms with Gasteiger partial charge in [0, 0.05) is 18.2 Å². The van der Waals surface area contributed by atoms with E-state index < -0.39 is 17.3 Å². The van der Waals surface area contributed by atoms with Crippen LogP contribution in [0.4, 0.5) is 0 Å². The van der Waals surface area contributed by atoms with Gasteiger partial charge >= 0.3 is 5.97 Å². The normalized spacial score (nSPS) is 25.9. The number of carboxylic acids is 1. The topological polar surface area (TPSA) is 109 Å². The number of aliphatic carboxylic acids is 1. The van der Waals surface area contributed by atoms with Crippen LogP contribution in [0.2, 0.25) is 0 Å². The molecule has 0 bridgehead atoms. The number of carbonyl (C=O) groups excluding carboxylic acids is 2. The Bertz CT molecular complexity index is 389. The number of primary amides is 1. The Labute approximate surface area is 122 Å². The Hall–Kier alpha value is -1.24. The van der Waals surface area contributed by atoms with Crippen molar-refractivity contribution in [1.82, 2.24) is 5.32 Å². The summed E-state index contributed by atoms with van der Waals surface area (Å²) < 4.78 is 0. The summed E-state index contributed by atoms with van der Waals surface area (Å²) in [5.74, 6) is -0.720. The SMILES string of the molecule is CC1(C(=O)O)CCCCC1NC(=O)CCSCC(N)=O. The first-order chi connectivity index (χ1) is 9.36. The molecular formula is C13H22N2O4S. The third-order valence-corrected chi connectivity index (χ3v) is 4.73. The molecule has 4 N–H and O–H groups in total. The van der Waals surface area contributed by atoms with Gasteiger partial charge in [0.2, 0.25) is 11.8 Å². The first kappa shape index (κ1) is 16.8. The highest BCUT2D eigenvalue weighted by molar-refractivity contribution is 7.99. The fourth-order valence-corrected chi connectivity index (χ4v) is 3.10. The Balaban J connectivity index is 2.43. The van der Waals surface area contributed by atoms with Crippen molar-refractivity contribution in [2.75, 3.05) is 11.5 Å². The van der Waals surface area contributed by atoms with Gasteiger partial charge in [0.05, 0.1) is 11.2 Å². The van der Waals surface area contributed by atoms with Crippen molar-refractivity contribution < 1.29 is 19.5 Å². The van der Waals surface area contributed by atoms with E-state index >= 15 is 0 Å². The van der Waals surface area contributed by atoms with Gasteiger partial charge in [0.1, 0.15) is 0 Å². The highest BCUT2D eigenvalue weighted by atomic mass is 32.2. The monoisotopic (exact) mass is 302 g/mol. The molecule has 0 aliphatic heterocycles. The van der Waals surface area contributed by atoms with E-state index in [1.165, 1.54) is 11.8 Å². The van der Waals surface area contributed by atoms with Crippen LogP contribution in [0.25, 0.3) is 0 Å². The number of carboxylic acid groups (broad SMARTS) is 1. The second-order valence-electron chi connectivity index (χ2n) is 5.36. The first-order valence-corrected chi connectivity index (χ1v) is 7.90. The van der Waals surface area contributed by atoms with Crippen molar-refractivity contribution in [3.8, 4) is 0 Å². The maximum absolute atomic E-state index is 11.8. The molecule has 0 heterocycles. The average Bonchev–Trinajstić information content (AvgIpc) is 2.37. The Kier molecular flexibility index (Phi) is 6.32. The first-order valence-electron chi connectivity index (χ1n) is 6.75. The maximum atomic E-state index is 11.8. The second kappa shape index (κ2) is 7.52. The van der Waals surface area contributed by atoms with Crippen LogP contribution in [-0.2, 0) is 14.4 Å². The fraction of sp³-hybridized carbons (Fsp3) is 0.769. The van der Waals surface area contributed by atoms with Crippen molar-refractivity contribution in [2.45, 2.75) is 45.1 Å². The predicted molar refractivity (Wildman–Crippen MR) is 77.3 cm³/mol. The quantitative estimate of drug-likeness (QED) is 0.601. The third-order valence-electron chi connectivity index (χ3n) is 3.75. The van der Waals surface area contributed by atoms with Crippen LogP contribution in [0, 0.1) is 5.41 Å². The minimum absolute atomic E-state index is 0.165. The summed E-state index contributed by atoms with van der Waals surface area (Å²) in [5, 5.41) is 12.2. The highest BCUT2D eigenvalue weighted by Crippen LogP contribution is 2.36. The Morgan fingerprint density at radius 2 is 2.10 bits per heavy atom. The summed E-state index contributed by atoms with van der Waals surface area (Å²) >= 11 is 1.31. The molecule has 1 rings (SSSR count). The van der Waals surface area contributed by atoms with Crippen LogP contribution in [0.5, 0.6) is 0 Å². The summed E-state index contributed by atoms with van der Waals surface area (Å²) in [5.41, 5.74) is 4.12. The van der Waals surface area contributed by atoms with E-state index in [1.807, 2.05) is 0 Å². The van der Waals surface area contributed by atoms with Gasteiger partial charge in [-0.05, 0) is 19.8 Å². The van der Waals surface area contributed by atoms with Gasteiger partial charge in [-0.15, -0.1) is 0 Å². The molecule has 0 aromatic heterocycles. The number of carbonyl (C=O) groups is 3. The van der Waals surface area contributed by atoms with E-state index in [4.69, 9.17) is 5.73 Å². The van der Waals surface area contributed by atoms with Crippen molar-refractivity contribution >= 4 is 29.5 Å². The molecule has 0 spiro atoms. The minimum atomic E-state index is -0.881. The van der Waals surface area contributed by atoms with Crippen molar-refractivity contribution in [1.29, 1.82) is 0 Å². The molecule has 2 unspecified atom stereocenters. The Morgan fingerprint density at radius 3 is 2.70 bits per heavy atom. The van der Waals surface area contributed by atoms with Crippen LogP contribution in [0.15, 0.2) is 0 Å². The molecular weight excluding hydrogens is 280 g/mol. The zero-order valence-corrected chi connectivity index (χ0v) is 12.5. The molecule has 2 amide bonds. The van der Waals surface area contributed by atoms with Crippen LogP contribution in [0.3, 0.4) is 0 Å². The Morgan fingerprint density at radius 1 is 1.40 bits per heavy atom. The average molecular weight is 302 g/mol. The summed E-state index contributed by atoms with van der Waals surface area (Å²) in [7, 11) is 0. The summed E-state index contributed by atoms with van der Waals surface area (Å²) in [6.45, 7) is 1.70. The van der Waals surface area contributed by atoms with E-state index in [2.05, 4.69) is 5.32 Å². The zero-order chi connectivity index (χ0) is 15.2. The number of hydrogen-bond donors (Lipinski definition) is 3. The molecule has 20 heavy (non-hydrogen) atoms. The van der Waals surface area contributed by atoms with Crippen molar-refractivity contribution in [3.63, 3.8) is 0 Å². The smallest absolute Gasteiger partial charge is 0.311 e. The molecule has 7 heteroatoms. The molecule has 6 nitrogen and oxygen atoms in total. The van der Waals surface area contributed by atoms with Crippen LogP contribution < -0.4 is 11.1 Å². The maximum Gasteiger partial charge on any atom is 0.311 e. The molecule has 0 aromatic rings. The second-order valence-corrected chi connectivity index (χ2v) is 6.46. The summed E-state index contributed by atoms with van der Waals surface area (Å²) in [6.07, 6.45) is 3.37. The van der Waals surface area contributed by atoms with E-state index in [0.29, 0.717) is 18.6 Å². The van der Waals surface area contributed by atoms with Crippen LogP contribution >= 0.6 is 11.8 Å². The van der Waals surface area contributed by atoms with Crippen molar-refractivity contribution in [3.05, 3.63) is 0 Å². The minimum Gasteiger partial charge on any atom is -0.481 e. The number of hydrogen-bond acceptors (Lipinski definition) is 4. The number of nitrogens with one attached hydrogen (secondary N) is 1. The molecule has 1 aliphatic rings. The molecule has 1 saturated carbocycles. The number of amides is 2. The van der Waals surface area contributed by atoms with Gasteiger partial charge < -0.3 is 16.2 Å². The van der Waals surface area contributed by atoms with E-state index in [9.17, 15) is 19.5 Å². The summed E-state index contributed by atoms with van der Waals surface area (Å²) in [6, 6.07) is -0.317. The lowest BCUT2D eigenvalue weighted by atomic mass is 9.71. The van der Waals surface area contributed by atoms with Gasteiger partial charge in [-0.3, -0.25) is 14.4 Å². The molecule has 1 aliphatic carbocycles. The molecule has 114 valence electrons. The van der Waals surface area contributed by atoms with Gasteiger partial charge in [0.15, 0.2) is 0 Å². The standard InChI is InChI=1S/C13H22N2O4S/c1-13(12(18)19)6-3-2-4-9(13)15-11(17)5-7-20-8-10(14)16/h9H,2-8H2,1H3,(H2,14,16)(H,15,17)(H,18,19). The lowest BCUT2D eigenvalue weighted by Crippen LogP contribution is -2.52. The summed E-state index contributed by atoms with van der Waals surface area (Å²) in [4.78, 5) is 33.8. The highest BCUT2D eigenvalue weighted by Gasteiger charge is 2.43. The molecule has 0 saturated heterocycles. The number of nitrogens with two attached hydrogens (primary N) is 1. The zero-order valence-electron chi connectivity index (χ0n) is 11.7. The largest absolute Gasteiger partial charge is 0.481 e. The van der Waals surface area contributed by atoms with Gasteiger partial charge in [0.25, 0.3) is 0 Å². The lowest BCUT2D eigenvalue weighted by Gasteiger charge is -2.38. The van der Waals surface area contributed by atoms with E-state index in [1.54, 1.807) is 6.92 Å². The van der Waals surface area contributed by atoms with Gasteiger partial charge in [-0.25, -0.2) is 0 Å². The van der Waals surface area contributed by atoms with E-state index in [0.717, 1.165) is 12.8 Å². The van der Waals surface area contributed by atoms with Crippen LogP contribution in [0.1, 0.15) is 39.0 Å². The fourth-order valence-electron chi connectivity index (χ4n) is 2.43. The van der Waals surface area contributed by atoms with Crippen molar-refractivity contribution in [2.24, 2.45) is 11.1 Å². The van der Waals surface area contributed by atoms with Crippen LogP contribution in [-0.4, -0.2) is 40.4 Å². The molecule has 1 fully saturated rings. The predicted octanol–water partition coefficient (Wildman–Crippen LogP) is 0.745. The lowest BCUT2D eigenvalue weighted by molar-refractivity contribution is -0.152. The number of rotatable bonds is 7. The molecule has 0 aromatic carbocycles. The number of thioether (sulfide) groups is 1. The van der Waals surface area contributed by atoms with Gasteiger partial charge in [-0.2, -0.15) is 11.8 Å². The van der Waals surface area contributed by atoms with E-state index in [-0.39, 0.29) is 24.1 Å². The molecule has 0 radical (unpaired) electrons. The molecule has 2 atom stereocenters.